The third-order valence-corrected chi connectivity index (χ3v) is 9.81. The molecule has 7 rings (SSSR count). The fourth-order valence-electron chi connectivity index (χ4n) is 7.16. The first-order chi connectivity index (χ1) is 22.8. The lowest BCUT2D eigenvalue weighted by molar-refractivity contribution is -0.160. The molecule has 6 bridgehead atoms. The average molecular weight is 650 g/mol. The molecule has 0 aliphatic carbocycles. The molecule has 3 aliphatic rings. The van der Waals surface area contributed by atoms with Gasteiger partial charge in [0.15, 0.2) is 17.4 Å². The summed E-state index contributed by atoms with van der Waals surface area (Å²) in [5.74, 6) is 0.451. The van der Waals surface area contributed by atoms with Gasteiger partial charge in [-0.25, -0.2) is 14.6 Å². The van der Waals surface area contributed by atoms with E-state index in [9.17, 15) is 9.90 Å². The van der Waals surface area contributed by atoms with Gasteiger partial charge in [-0.3, -0.25) is 0 Å². The molecule has 4 aromatic rings. The summed E-state index contributed by atoms with van der Waals surface area (Å²) < 4.78 is 14.6. The molecule has 3 aliphatic heterocycles. The van der Waals surface area contributed by atoms with Crippen LogP contribution in [0.4, 0.5) is 11.5 Å². The van der Waals surface area contributed by atoms with E-state index in [1.54, 1.807) is 0 Å². The summed E-state index contributed by atoms with van der Waals surface area (Å²) in [4.78, 5) is 23.7. The molecule has 1 saturated heterocycles. The summed E-state index contributed by atoms with van der Waals surface area (Å²) >= 11 is 0. The van der Waals surface area contributed by atoms with E-state index in [0.29, 0.717) is 22.6 Å². The van der Waals surface area contributed by atoms with Crippen molar-refractivity contribution in [1.29, 1.82) is 0 Å². The van der Waals surface area contributed by atoms with Gasteiger partial charge in [-0.2, -0.15) is 9.61 Å². The first kappa shape index (κ1) is 33.5. The second-order valence-electron chi connectivity index (χ2n) is 14.9. The van der Waals surface area contributed by atoms with Crippen LogP contribution in [-0.2, 0) is 9.53 Å². The molecular weight excluding hydrogens is 602 g/mol. The zero-order valence-corrected chi connectivity index (χ0v) is 29.0. The molecule has 1 N–H and O–H groups in total. The molecule has 48 heavy (non-hydrogen) atoms. The van der Waals surface area contributed by atoms with Crippen molar-refractivity contribution >= 4 is 23.1 Å². The normalized spacial score (nSPS) is 20.9. The highest BCUT2D eigenvalue weighted by atomic mass is 16.5. The molecule has 9 nitrogen and oxygen atoms in total. The number of piperidine rings is 1. The third-order valence-electron chi connectivity index (χ3n) is 9.81. The predicted octanol–water partition coefficient (Wildman–Crippen LogP) is 9.20. The van der Waals surface area contributed by atoms with E-state index in [4.69, 9.17) is 26.1 Å². The fraction of sp³-hybridized carbons (Fsp3) is 0.487. The van der Waals surface area contributed by atoms with E-state index in [1.807, 2.05) is 74.7 Å². The number of benzene rings is 2. The van der Waals surface area contributed by atoms with Crippen molar-refractivity contribution in [2.45, 2.75) is 104 Å². The lowest BCUT2D eigenvalue weighted by atomic mass is 9.76. The van der Waals surface area contributed by atoms with Crippen molar-refractivity contribution in [2.24, 2.45) is 5.41 Å². The molecule has 9 heteroatoms. The van der Waals surface area contributed by atoms with Crippen molar-refractivity contribution < 1.29 is 19.4 Å². The number of aliphatic carboxylic acids is 1. The molecule has 0 unspecified atom stereocenters. The Kier molecular flexibility index (Phi) is 9.23. The van der Waals surface area contributed by atoms with Crippen LogP contribution in [-0.4, -0.2) is 50.5 Å². The lowest BCUT2D eigenvalue weighted by Crippen LogP contribution is -2.41. The first-order valence-electron chi connectivity index (χ1n) is 17.2. The number of carboxylic acid groups (broad SMARTS) is 1. The van der Waals surface area contributed by atoms with Gasteiger partial charge in [0, 0.05) is 36.0 Å². The van der Waals surface area contributed by atoms with Crippen LogP contribution in [0.15, 0.2) is 48.5 Å². The third kappa shape index (κ3) is 7.05. The predicted molar refractivity (Wildman–Crippen MR) is 189 cm³/mol. The second kappa shape index (κ2) is 13.2. The van der Waals surface area contributed by atoms with Gasteiger partial charge >= 0.3 is 5.97 Å². The van der Waals surface area contributed by atoms with Crippen LogP contribution >= 0.6 is 0 Å². The Bertz CT molecular complexity index is 1860. The van der Waals surface area contributed by atoms with E-state index in [-0.39, 0.29) is 11.5 Å². The Morgan fingerprint density at radius 2 is 1.83 bits per heavy atom. The Labute approximate surface area is 283 Å². The Morgan fingerprint density at radius 3 is 2.54 bits per heavy atom. The number of rotatable bonds is 3. The maximum Gasteiger partial charge on any atom is 0.337 e. The molecular formula is C39H47N5O4. The number of nitrogens with zero attached hydrogens (tertiary/aromatic N) is 5. The Morgan fingerprint density at radius 1 is 1.08 bits per heavy atom. The Balaban J connectivity index is 1.54. The van der Waals surface area contributed by atoms with E-state index < -0.39 is 17.7 Å². The molecule has 0 amide bonds. The quantitative estimate of drug-likeness (QED) is 0.221. The number of carbonyl (C=O) groups is 1. The molecule has 0 spiro atoms. The molecule has 2 aromatic heterocycles. The zero-order chi connectivity index (χ0) is 34.2. The molecule has 5 heterocycles. The van der Waals surface area contributed by atoms with Crippen molar-refractivity contribution in [3.63, 3.8) is 0 Å². The van der Waals surface area contributed by atoms with Gasteiger partial charge in [0.25, 0.3) is 0 Å². The molecule has 0 saturated carbocycles. The molecule has 2 aromatic carbocycles. The second-order valence-corrected chi connectivity index (χ2v) is 14.9. The van der Waals surface area contributed by atoms with Gasteiger partial charge in [-0.15, -0.1) is 0 Å². The molecule has 2 atom stereocenters. The number of anilines is 1. The minimum absolute atomic E-state index is 0.0485. The van der Waals surface area contributed by atoms with Crippen molar-refractivity contribution in [3.8, 4) is 28.1 Å². The number of hydrogen-bond acceptors (Lipinski definition) is 6. The van der Waals surface area contributed by atoms with Crippen LogP contribution in [0.3, 0.4) is 0 Å². The van der Waals surface area contributed by atoms with Crippen LogP contribution in [0.2, 0.25) is 0 Å². The van der Waals surface area contributed by atoms with Crippen molar-refractivity contribution in [2.75, 3.05) is 18.0 Å². The van der Waals surface area contributed by atoms with Crippen LogP contribution in [0.25, 0.3) is 32.9 Å². The smallest absolute Gasteiger partial charge is 0.337 e. The summed E-state index contributed by atoms with van der Waals surface area (Å²) in [6.45, 7) is 21.2. The summed E-state index contributed by atoms with van der Waals surface area (Å²) in [7, 11) is 0. The average Bonchev–Trinajstić information content (AvgIpc) is 3.46. The van der Waals surface area contributed by atoms with Crippen LogP contribution in [0.1, 0.15) is 96.9 Å². The summed E-state index contributed by atoms with van der Waals surface area (Å²) in [6.07, 6.45) is 6.37. The number of carboxylic acids is 1. The monoisotopic (exact) mass is 649 g/mol. The summed E-state index contributed by atoms with van der Waals surface area (Å²) in [5.41, 5.74) is 5.30. The number of aromatic nitrogens is 3. The number of ether oxygens (including phenoxy) is 2. The van der Waals surface area contributed by atoms with Gasteiger partial charge in [0.1, 0.15) is 11.6 Å². The SMILES string of the molecule is [C-]#[N+]c1ccc2c(c1)-c1cccc(c1)-c1cc3nc(C)c([C@H](OC(C)(C)C)C(=O)O)c(n3n1)N1CCC(C)(CCCCC[C@@H](C)O2)CC1. The highest BCUT2D eigenvalue weighted by Gasteiger charge is 2.37. The van der Waals surface area contributed by atoms with Crippen LogP contribution in [0, 0.1) is 18.9 Å². The van der Waals surface area contributed by atoms with Crippen molar-refractivity contribution in [3.05, 3.63) is 71.2 Å². The van der Waals surface area contributed by atoms with E-state index >= 15 is 0 Å². The van der Waals surface area contributed by atoms with E-state index in [2.05, 4.69) is 29.7 Å². The summed E-state index contributed by atoms with van der Waals surface area (Å²) in [6, 6.07) is 15.7. The highest BCUT2D eigenvalue weighted by Crippen LogP contribution is 2.42. The standard InChI is InChI=1S/C39H47N5O4/c1-25-12-9-8-10-17-39(6)18-20-43(21-19-39)36-34(35(37(45)46)48-38(3,4)5)26(2)41-33-24-31(42-44(33)36)28-14-11-13-27(22-28)30-23-29(40-7)15-16-32(30)47-25/h11,13-16,22-25,35H,8-10,12,17-21H2,1-6H3,(H,45,46)/t25-,35+/m1/s1. The Hall–Kier alpha value is -4.42. The maximum atomic E-state index is 12.8. The molecule has 1 fully saturated rings. The minimum Gasteiger partial charge on any atom is -0.490 e. The minimum atomic E-state index is -1.21. The molecule has 252 valence electrons. The number of hydrogen-bond donors (Lipinski definition) is 1. The largest absolute Gasteiger partial charge is 0.490 e. The van der Waals surface area contributed by atoms with E-state index in [0.717, 1.165) is 92.0 Å². The zero-order valence-electron chi connectivity index (χ0n) is 29.0. The number of aryl methyl sites for hydroxylation is 1. The van der Waals surface area contributed by atoms with Gasteiger partial charge < -0.3 is 19.5 Å². The van der Waals surface area contributed by atoms with Gasteiger partial charge in [-0.1, -0.05) is 44.0 Å². The first-order valence-corrected chi connectivity index (χ1v) is 17.2. The maximum absolute atomic E-state index is 12.8. The highest BCUT2D eigenvalue weighted by molar-refractivity contribution is 5.81. The fourth-order valence-corrected chi connectivity index (χ4v) is 7.16. The lowest BCUT2D eigenvalue weighted by Gasteiger charge is -2.41. The summed E-state index contributed by atoms with van der Waals surface area (Å²) in [5, 5.41) is 15.6. The van der Waals surface area contributed by atoms with Gasteiger partial charge in [0.05, 0.1) is 29.5 Å². The van der Waals surface area contributed by atoms with Crippen molar-refractivity contribution in [1.82, 2.24) is 14.6 Å². The molecule has 0 radical (unpaired) electrons. The number of fused-ring (bicyclic) bond motifs is 8. The van der Waals surface area contributed by atoms with Gasteiger partial charge in [-0.05, 0) is 95.9 Å². The van der Waals surface area contributed by atoms with E-state index in [1.165, 1.54) is 0 Å². The van der Waals surface area contributed by atoms with Crippen LogP contribution < -0.4 is 9.64 Å². The topological polar surface area (TPSA) is 93.5 Å². The van der Waals surface area contributed by atoms with Gasteiger partial charge in [0.2, 0.25) is 0 Å². The van der Waals surface area contributed by atoms with Crippen LogP contribution in [0.5, 0.6) is 5.75 Å².